The fourth-order valence-corrected chi connectivity index (χ4v) is 1.86. The highest BCUT2D eigenvalue weighted by Crippen LogP contribution is 2.12. The highest BCUT2D eigenvalue weighted by Gasteiger charge is 2.07. The molecule has 2 rings (SSSR count). The van der Waals surface area contributed by atoms with Gasteiger partial charge >= 0.3 is 0 Å². The Hall–Kier alpha value is -1.75. The molecule has 0 aliphatic carbocycles. The van der Waals surface area contributed by atoms with Crippen LogP contribution in [-0.4, -0.2) is 16.3 Å². The van der Waals surface area contributed by atoms with Crippen molar-refractivity contribution in [2.75, 3.05) is 6.54 Å². The van der Waals surface area contributed by atoms with Crippen molar-refractivity contribution in [1.29, 1.82) is 0 Å². The molecular formula is C14H17F2N3. The van der Waals surface area contributed by atoms with Crippen molar-refractivity contribution in [3.63, 3.8) is 0 Å². The molecule has 3 nitrogen and oxygen atoms in total. The minimum Gasteiger partial charge on any atom is -0.311 e. The molecular weight excluding hydrogens is 248 g/mol. The normalized spacial score (nSPS) is 10.9. The first-order valence-electron chi connectivity index (χ1n) is 6.36. The number of aromatic nitrogens is 2. The Bertz CT molecular complexity index is 537. The van der Waals surface area contributed by atoms with Gasteiger partial charge in [-0.15, -0.1) is 0 Å². The maximum Gasteiger partial charge on any atom is 0.131 e. The summed E-state index contributed by atoms with van der Waals surface area (Å²) in [6.45, 7) is 4.02. The minimum atomic E-state index is -0.563. The van der Waals surface area contributed by atoms with E-state index in [0.717, 1.165) is 24.7 Å². The zero-order chi connectivity index (χ0) is 13.7. The van der Waals surface area contributed by atoms with Gasteiger partial charge < -0.3 is 5.32 Å². The first-order valence-corrected chi connectivity index (χ1v) is 6.36. The highest BCUT2D eigenvalue weighted by atomic mass is 19.1. The zero-order valence-corrected chi connectivity index (χ0v) is 10.9. The van der Waals surface area contributed by atoms with E-state index in [-0.39, 0.29) is 0 Å². The number of hydrogen-bond donors (Lipinski definition) is 1. The molecule has 0 radical (unpaired) electrons. The zero-order valence-electron chi connectivity index (χ0n) is 10.9. The third kappa shape index (κ3) is 3.61. The summed E-state index contributed by atoms with van der Waals surface area (Å²) in [7, 11) is 0. The molecule has 0 amide bonds. The Labute approximate surface area is 111 Å². The molecule has 5 heteroatoms. The van der Waals surface area contributed by atoms with Gasteiger partial charge in [0.15, 0.2) is 0 Å². The SMILES string of the molecule is CCCNCc1ccnn1Cc1ccc(F)cc1F. The predicted molar refractivity (Wildman–Crippen MR) is 69.7 cm³/mol. The molecule has 1 aromatic heterocycles. The molecule has 0 spiro atoms. The molecule has 0 unspecified atom stereocenters. The Morgan fingerprint density at radius 3 is 2.84 bits per heavy atom. The number of rotatable bonds is 6. The summed E-state index contributed by atoms with van der Waals surface area (Å²) in [6.07, 6.45) is 2.74. The van der Waals surface area contributed by atoms with Crippen LogP contribution in [0, 0.1) is 11.6 Å². The van der Waals surface area contributed by atoms with E-state index in [4.69, 9.17) is 0 Å². The van der Waals surface area contributed by atoms with Crippen molar-refractivity contribution in [1.82, 2.24) is 15.1 Å². The van der Waals surface area contributed by atoms with E-state index >= 15 is 0 Å². The fraction of sp³-hybridized carbons (Fsp3) is 0.357. The fourth-order valence-electron chi connectivity index (χ4n) is 1.86. The highest BCUT2D eigenvalue weighted by molar-refractivity contribution is 5.19. The van der Waals surface area contributed by atoms with Crippen molar-refractivity contribution >= 4 is 0 Å². The summed E-state index contributed by atoms with van der Waals surface area (Å²) in [6, 6.07) is 5.50. The number of benzene rings is 1. The topological polar surface area (TPSA) is 29.9 Å². The van der Waals surface area contributed by atoms with Gasteiger partial charge in [-0.05, 0) is 25.1 Å². The Balaban J connectivity index is 2.08. The Morgan fingerprint density at radius 1 is 1.26 bits per heavy atom. The van der Waals surface area contributed by atoms with Crippen LogP contribution in [0.5, 0.6) is 0 Å². The van der Waals surface area contributed by atoms with Crippen molar-refractivity contribution in [2.24, 2.45) is 0 Å². The van der Waals surface area contributed by atoms with E-state index < -0.39 is 11.6 Å². The van der Waals surface area contributed by atoms with Gasteiger partial charge in [0, 0.05) is 24.4 Å². The first-order chi connectivity index (χ1) is 9.20. The molecule has 102 valence electrons. The van der Waals surface area contributed by atoms with Crippen LogP contribution in [0.3, 0.4) is 0 Å². The molecule has 0 aliphatic rings. The van der Waals surface area contributed by atoms with E-state index in [1.54, 1.807) is 10.9 Å². The monoisotopic (exact) mass is 265 g/mol. The molecule has 0 bridgehead atoms. The number of hydrogen-bond acceptors (Lipinski definition) is 2. The molecule has 2 aromatic rings. The molecule has 1 heterocycles. The lowest BCUT2D eigenvalue weighted by molar-refractivity contribution is 0.545. The molecule has 0 saturated heterocycles. The second kappa shape index (κ2) is 6.43. The third-order valence-electron chi connectivity index (χ3n) is 2.87. The largest absolute Gasteiger partial charge is 0.311 e. The van der Waals surface area contributed by atoms with E-state index in [9.17, 15) is 8.78 Å². The smallest absolute Gasteiger partial charge is 0.131 e. The average molecular weight is 265 g/mol. The molecule has 0 aliphatic heterocycles. The lowest BCUT2D eigenvalue weighted by Gasteiger charge is -2.09. The van der Waals surface area contributed by atoms with Crippen LogP contribution in [0.25, 0.3) is 0 Å². The maximum atomic E-state index is 13.6. The van der Waals surface area contributed by atoms with Gasteiger partial charge in [0.2, 0.25) is 0 Å². The third-order valence-corrected chi connectivity index (χ3v) is 2.87. The second-order valence-electron chi connectivity index (χ2n) is 4.39. The van der Waals surface area contributed by atoms with Gasteiger partial charge in [0.05, 0.1) is 12.2 Å². The summed E-state index contributed by atoms with van der Waals surface area (Å²) >= 11 is 0. The molecule has 19 heavy (non-hydrogen) atoms. The van der Waals surface area contributed by atoms with Crippen LogP contribution >= 0.6 is 0 Å². The van der Waals surface area contributed by atoms with Crippen LogP contribution in [0.15, 0.2) is 30.5 Å². The number of nitrogens with zero attached hydrogens (tertiary/aromatic N) is 2. The summed E-state index contributed by atoms with van der Waals surface area (Å²) < 4.78 is 28.1. The number of halogens is 2. The van der Waals surface area contributed by atoms with Crippen LogP contribution in [0.4, 0.5) is 8.78 Å². The predicted octanol–water partition coefficient (Wildman–Crippen LogP) is 2.71. The van der Waals surface area contributed by atoms with Gasteiger partial charge in [-0.25, -0.2) is 8.78 Å². The molecule has 1 N–H and O–H groups in total. The summed E-state index contributed by atoms with van der Waals surface area (Å²) in [4.78, 5) is 0. The minimum absolute atomic E-state index is 0.308. The lowest BCUT2D eigenvalue weighted by atomic mass is 10.2. The van der Waals surface area contributed by atoms with Crippen molar-refractivity contribution in [3.05, 3.63) is 53.4 Å². The Kier molecular flexibility index (Phi) is 4.63. The Morgan fingerprint density at radius 2 is 2.11 bits per heavy atom. The van der Waals surface area contributed by atoms with E-state index in [2.05, 4.69) is 17.3 Å². The molecule has 0 fully saturated rings. The van der Waals surface area contributed by atoms with Gasteiger partial charge in [-0.1, -0.05) is 13.0 Å². The molecule has 0 atom stereocenters. The van der Waals surface area contributed by atoms with Crippen LogP contribution in [-0.2, 0) is 13.1 Å². The molecule has 0 saturated carbocycles. The van der Waals surface area contributed by atoms with Crippen LogP contribution in [0.1, 0.15) is 24.6 Å². The average Bonchev–Trinajstić information content (AvgIpc) is 2.81. The standard InChI is InChI=1S/C14H17F2N3/c1-2-6-17-9-13-5-7-18-19(13)10-11-3-4-12(15)8-14(11)16/h3-5,7-8,17H,2,6,9-10H2,1H3. The van der Waals surface area contributed by atoms with E-state index in [0.29, 0.717) is 18.7 Å². The van der Waals surface area contributed by atoms with Gasteiger partial charge in [0.1, 0.15) is 11.6 Å². The maximum absolute atomic E-state index is 13.6. The lowest BCUT2D eigenvalue weighted by Crippen LogP contribution is -2.18. The van der Waals surface area contributed by atoms with Crippen molar-refractivity contribution in [3.8, 4) is 0 Å². The van der Waals surface area contributed by atoms with Crippen LogP contribution < -0.4 is 5.32 Å². The second-order valence-corrected chi connectivity index (χ2v) is 4.39. The van der Waals surface area contributed by atoms with E-state index in [1.165, 1.54) is 12.1 Å². The summed E-state index contributed by atoms with van der Waals surface area (Å²) in [5.41, 5.74) is 1.42. The summed E-state index contributed by atoms with van der Waals surface area (Å²) in [5.74, 6) is -1.10. The van der Waals surface area contributed by atoms with Crippen molar-refractivity contribution < 1.29 is 8.78 Å². The summed E-state index contributed by atoms with van der Waals surface area (Å²) in [5, 5.41) is 7.44. The molecule has 1 aromatic carbocycles. The van der Waals surface area contributed by atoms with Crippen molar-refractivity contribution in [2.45, 2.75) is 26.4 Å². The quantitative estimate of drug-likeness (QED) is 0.814. The first kappa shape index (κ1) is 13.7. The van der Waals surface area contributed by atoms with E-state index in [1.807, 2.05) is 6.07 Å². The van der Waals surface area contributed by atoms with Gasteiger partial charge in [0.25, 0.3) is 0 Å². The van der Waals surface area contributed by atoms with Gasteiger partial charge in [-0.2, -0.15) is 5.10 Å². The van der Waals surface area contributed by atoms with Gasteiger partial charge in [-0.3, -0.25) is 4.68 Å². The number of nitrogens with one attached hydrogen (secondary N) is 1. The van der Waals surface area contributed by atoms with Crippen LogP contribution in [0.2, 0.25) is 0 Å².